The van der Waals surface area contributed by atoms with Crippen molar-refractivity contribution >= 4 is 6.21 Å². The monoisotopic (exact) mass is 311 g/mol. The number of rotatable bonds is 4. The molecule has 0 atom stereocenters. The highest BCUT2D eigenvalue weighted by Crippen LogP contribution is 2.09. The second kappa shape index (κ2) is 7.01. The Labute approximate surface area is 139 Å². The average Bonchev–Trinajstić information content (AvgIpc) is 2.95. The topological polar surface area (TPSA) is 25.0 Å². The standard InChI is InChI=1S/C19H26N4/c1-16-6-7-18(17(2)13-16)15-22-9-11-23(12-10-22)20-14-19-5-4-8-21(19)3/h4-8,13-14H,9-12,15H2,1-3H3/p+1. The summed E-state index contributed by atoms with van der Waals surface area (Å²) < 4.78 is 2.09. The molecular formula is C19H27N4+. The number of hydrogen-bond acceptors (Lipinski definition) is 2. The predicted molar refractivity (Wildman–Crippen MR) is 94.9 cm³/mol. The molecule has 122 valence electrons. The average molecular weight is 311 g/mol. The van der Waals surface area contributed by atoms with Crippen LogP contribution in [-0.4, -0.2) is 42.0 Å². The lowest BCUT2D eigenvalue weighted by Gasteiger charge is -2.30. The Morgan fingerprint density at radius 3 is 2.61 bits per heavy atom. The van der Waals surface area contributed by atoms with Crippen LogP contribution in [0, 0.1) is 13.8 Å². The van der Waals surface area contributed by atoms with Gasteiger partial charge < -0.3 is 9.47 Å². The first kappa shape index (κ1) is 15.8. The molecule has 2 aromatic rings. The van der Waals surface area contributed by atoms with E-state index in [1.54, 1.807) is 4.90 Å². The minimum atomic E-state index is 1.03. The molecule has 1 aromatic carbocycles. The van der Waals surface area contributed by atoms with Crippen molar-refractivity contribution in [1.82, 2.24) is 9.58 Å². The van der Waals surface area contributed by atoms with Crippen LogP contribution in [0.5, 0.6) is 0 Å². The summed E-state index contributed by atoms with van der Waals surface area (Å²) in [7, 11) is 2.05. The van der Waals surface area contributed by atoms with Gasteiger partial charge in [-0.1, -0.05) is 23.8 Å². The Balaban J connectivity index is 1.52. The van der Waals surface area contributed by atoms with Crippen LogP contribution in [0.3, 0.4) is 0 Å². The van der Waals surface area contributed by atoms with E-state index in [1.165, 1.54) is 16.7 Å². The molecule has 4 nitrogen and oxygen atoms in total. The van der Waals surface area contributed by atoms with Crippen molar-refractivity contribution in [2.45, 2.75) is 20.4 Å². The molecule has 1 fully saturated rings. The molecule has 1 aliphatic heterocycles. The van der Waals surface area contributed by atoms with Gasteiger partial charge in [0.25, 0.3) is 0 Å². The highest BCUT2D eigenvalue weighted by molar-refractivity contribution is 5.77. The fraction of sp³-hybridized carbons (Fsp3) is 0.421. The lowest BCUT2D eigenvalue weighted by molar-refractivity contribution is -0.918. The smallest absolute Gasteiger partial charge is 0.103 e. The van der Waals surface area contributed by atoms with Gasteiger partial charge in [-0.05, 0) is 31.5 Å². The van der Waals surface area contributed by atoms with Crippen molar-refractivity contribution in [3.63, 3.8) is 0 Å². The van der Waals surface area contributed by atoms with Crippen molar-refractivity contribution in [2.24, 2.45) is 12.1 Å². The second-order valence-electron chi connectivity index (χ2n) is 6.60. The first-order valence-corrected chi connectivity index (χ1v) is 8.42. The van der Waals surface area contributed by atoms with E-state index in [0.717, 1.165) is 38.4 Å². The largest absolute Gasteiger partial charge is 0.350 e. The Morgan fingerprint density at radius 2 is 1.96 bits per heavy atom. The maximum absolute atomic E-state index is 4.63. The Bertz CT molecular complexity index is 678. The number of quaternary nitrogens is 1. The number of aromatic nitrogens is 1. The summed E-state index contributed by atoms with van der Waals surface area (Å²) in [6.45, 7) is 9.87. The zero-order valence-corrected chi connectivity index (χ0v) is 14.4. The van der Waals surface area contributed by atoms with Crippen molar-refractivity contribution in [1.29, 1.82) is 0 Å². The molecule has 1 aliphatic rings. The van der Waals surface area contributed by atoms with Crippen LogP contribution in [0.25, 0.3) is 0 Å². The van der Waals surface area contributed by atoms with E-state index in [9.17, 15) is 0 Å². The fourth-order valence-electron chi connectivity index (χ4n) is 3.17. The normalized spacial score (nSPS) is 16.4. The van der Waals surface area contributed by atoms with Crippen LogP contribution in [0.1, 0.15) is 22.4 Å². The van der Waals surface area contributed by atoms with Gasteiger partial charge in [-0.15, -0.1) is 0 Å². The summed E-state index contributed by atoms with van der Waals surface area (Å²) in [6, 6.07) is 10.9. The Morgan fingerprint density at radius 1 is 1.17 bits per heavy atom. The Hall–Kier alpha value is -2.07. The highest BCUT2D eigenvalue weighted by atomic mass is 15.5. The number of benzene rings is 1. The first-order chi connectivity index (χ1) is 11.1. The number of nitrogens with zero attached hydrogens (tertiary/aromatic N) is 3. The molecule has 1 N–H and O–H groups in total. The minimum Gasteiger partial charge on any atom is -0.350 e. The summed E-state index contributed by atoms with van der Waals surface area (Å²) in [6.07, 6.45) is 4.02. The van der Waals surface area contributed by atoms with Crippen LogP contribution in [0.15, 0.2) is 41.6 Å². The second-order valence-corrected chi connectivity index (χ2v) is 6.60. The summed E-state index contributed by atoms with van der Waals surface area (Å²) >= 11 is 0. The number of hydrogen-bond donors (Lipinski definition) is 1. The van der Waals surface area contributed by atoms with Crippen molar-refractivity contribution in [3.8, 4) is 0 Å². The SMILES string of the molecule is Cc1ccc(C[NH+]2CCN(N=Cc3cccn3C)CC2)c(C)c1. The van der Waals surface area contributed by atoms with Gasteiger partial charge in [-0.25, -0.2) is 0 Å². The summed E-state index contributed by atoms with van der Waals surface area (Å²) in [5.74, 6) is 0. The quantitative estimate of drug-likeness (QED) is 0.848. The van der Waals surface area contributed by atoms with E-state index >= 15 is 0 Å². The Kier molecular flexibility index (Phi) is 4.82. The van der Waals surface area contributed by atoms with Crippen molar-refractivity contribution in [2.75, 3.05) is 26.2 Å². The van der Waals surface area contributed by atoms with Crippen LogP contribution in [-0.2, 0) is 13.6 Å². The maximum atomic E-state index is 4.63. The molecule has 0 amide bonds. The predicted octanol–water partition coefficient (Wildman–Crippen LogP) is 1.38. The molecule has 0 spiro atoms. The molecule has 4 heteroatoms. The molecule has 0 saturated carbocycles. The zero-order chi connectivity index (χ0) is 16.2. The molecule has 1 saturated heterocycles. The number of hydrazone groups is 1. The molecule has 23 heavy (non-hydrogen) atoms. The van der Waals surface area contributed by atoms with Gasteiger partial charge in [-0.2, -0.15) is 5.10 Å². The third kappa shape index (κ3) is 4.02. The first-order valence-electron chi connectivity index (χ1n) is 8.42. The molecule has 2 heterocycles. The van der Waals surface area contributed by atoms with Crippen LogP contribution < -0.4 is 4.90 Å². The zero-order valence-electron chi connectivity index (χ0n) is 14.4. The lowest BCUT2D eigenvalue weighted by Crippen LogP contribution is -3.13. The van der Waals surface area contributed by atoms with Gasteiger partial charge in [0.2, 0.25) is 0 Å². The maximum Gasteiger partial charge on any atom is 0.103 e. The fourth-order valence-corrected chi connectivity index (χ4v) is 3.17. The highest BCUT2D eigenvalue weighted by Gasteiger charge is 2.19. The van der Waals surface area contributed by atoms with Gasteiger partial charge >= 0.3 is 0 Å². The molecule has 0 bridgehead atoms. The summed E-state index contributed by atoms with van der Waals surface area (Å²) in [5.41, 5.74) is 5.39. The van der Waals surface area contributed by atoms with Gasteiger partial charge in [-0.3, -0.25) is 5.01 Å². The number of aryl methyl sites for hydroxylation is 3. The minimum absolute atomic E-state index is 1.03. The number of nitrogens with one attached hydrogen (secondary N) is 1. The molecule has 0 radical (unpaired) electrons. The molecular weight excluding hydrogens is 284 g/mol. The third-order valence-corrected chi connectivity index (χ3v) is 4.72. The van der Waals surface area contributed by atoms with E-state index in [0.29, 0.717) is 0 Å². The van der Waals surface area contributed by atoms with Crippen LogP contribution in [0.2, 0.25) is 0 Å². The van der Waals surface area contributed by atoms with Crippen LogP contribution >= 0.6 is 0 Å². The van der Waals surface area contributed by atoms with Gasteiger partial charge in [0, 0.05) is 18.8 Å². The third-order valence-electron chi connectivity index (χ3n) is 4.72. The van der Waals surface area contributed by atoms with Gasteiger partial charge in [0.1, 0.15) is 6.54 Å². The number of piperazine rings is 1. The molecule has 0 unspecified atom stereocenters. The lowest BCUT2D eigenvalue weighted by atomic mass is 10.1. The summed E-state index contributed by atoms with van der Waals surface area (Å²) in [4.78, 5) is 1.65. The van der Waals surface area contributed by atoms with Crippen LogP contribution in [0.4, 0.5) is 0 Å². The van der Waals surface area contributed by atoms with E-state index < -0.39 is 0 Å². The molecule has 3 rings (SSSR count). The van der Waals surface area contributed by atoms with Crippen molar-refractivity contribution < 1.29 is 4.90 Å². The van der Waals surface area contributed by atoms with Gasteiger partial charge in [0.15, 0.2) is 0 Å². The molecule has 1 aromatic heterocycles. The van der Waals surface area contributed by atoms with Crippen molar-refractivity contribution in [3.05, 3.63) is 58.9 Å². The van der Waals surface area contributed by atoms with E-state index in [4.69, 9.17) is 0 Å². The van der Waals surface area contributed by atoms with Gasteiger partial charge in [0.05, 0.1) is 38.1 Å². The summed E-state index contributed by atoms with van der Waals surface area (Å²) in [5, 5.41) is 6.82. The molecule has 0 aliphatic carbocycles. The van der Waals surface area contributed by atoms with E-state index in [2.05, 4.69) is 52.8 Å². The van der Waals surface area contributed by atoms with E-state index in [1.807, 2.05) is 25.5 Å². The van der Waals surface area contributed by atoms with E-state index in [-0.39, 0.29) is 0 Å².